The fourth-order valence-electron chi connectivity index (χ4n) is 1.21. The number of aliphatic carboxylic acids is 1. The highest BCUT2D eigenvalue weighted by Gasteiger charge is 2.31. The Bertz CT molecular complexity index is 431. The molecule has 0 aliphatic carbocycles. The first-order valence-corrected chi connectivity index (χ1v) is 4.56. The Morgan fingerprint density at radius 2 is 2.00 bits per heavy atom. The van der Waals surface area contributed by atoms with Crippen molar-refractivity contribution in [3.8, 4) is 0 Å². The number of nitrogens with two attached hydrogens (primary N) is 1. The highest BCUT2D eigenvalue weighted by Crippen LogP contribution is 2.30. The van der Waals surface area contributed by atoms with Crippen LogP contribution in [0.2, 0.25) is 0 Å². The molecule has 1 atom stereocenters. The molecule has 0 saturated carbocycles. The fourth-order valence-corrected chi connectivity index (χ4v) is 1.21. The maximum atomic E-state index is 13.3. The van der Waals surface area contributed by atoms with Gasteiger partial charge >= 0.3 is 12.1 Å². The normalized spacial score (nSPS) is 13.5. The summed E-state index contributed by atoms with van der Waals surface area (Å²) in [5, 5.41) is 8.49. The second kappa shape index (κ2) is 4.70. The molecule has 0 aliphatic rings. The number of carboxylic acids is 1. The zero-order valence-corrected chi connectivity index (χ0v) is 8.46. The Labute approximate surface area is 93.8 Å². The van der Waals surface area contributed by atoms with Gasteiger partial charge in [-0.1, -0.05) is 6.07 Å². The SMILES string of the molecule is N[C@@H](Cc1ccc(C(F)(F)F)cc1F)C(=O)O. The van der Waals surface area contributed by atoms with Gasteiger partial charge in [0.15, 0.2) is 0 Å². The molecule has 0 bridgehead atoms. The molecule has 1 aromatic carbocycles. The summed E-state index contributed by atoms with van der Waals surface area (Å²) in [5.41, 5.74) is 3.87. The van der Waals surface area contributed by atoms with Crippen molar-refractivity contribution in [2.45, 2.75) is 18.6 Å². The molecule has 1 rings (SSSR count). The van der Waals surface area contributed by atoms with E-state index in [4.69, 9.17) is 10.8 Å². The van der Waals surface area contributed by atoms with Gasteiger partial charge in [0.1, 0.15) is 11.9 Å². The quantitative estimate of drug-likeness (QED) is 0.805. The van der Waals surface area contributed by atoms with Crippen LogP contribution in [0.5, 0.6) is 0 Å². The molecule has 3 nitrogen and oxygen atoms in total. The average Bonchev–Trinajstić information content (AvgIpc) is 2.19. The second-order valence-electron chi connectivity index (χ2n) is 3.45. The average molecular weight is 251 g/mol. The van der Waals surface area contributed by atoms with E-state index < -0.39 is 29.6 Å². The topological polar surface area (TPSA) is 63.3 Å². The third-order valence-corrected chi connectivity index (χ3v) is 2.14. The van der Waals surface area contributed by atoms with E-state index in [0.29, 0.717) is 12.1 Å². The Kier molecular flexibility index (Phi) is 3.72. The van der Waals surface area contributed by atoms with Crippen molar-refractivity contribution in [3.05, 3.63) is 35.1 Å². The van der Waals surface area contributed by atoms with Gasteiger partial charge in [-0.15, -0.1) is 0 Å². The van der Waals surface area contributed by atoms with Gasteiger partial charge in [-0.2, -0.15) is 13.2 Å². The number of hydrogen-bond donors (Lipinski definition) is 2. The van der Waals surface area contributed by atoms with Crippen LogP contribution >= 0.6 is 0 Å². The maximum Gasteiger partial charge on any atom is 0.416 e. The van der Waals surface area contributed by atoms with E-state index in [1.165, 1.54) is 0 Å². The molecular weight excluding hydrogens is 242 g/mol. The number of carbonyl (C=O) groups is 1. The molecule has 0 radical (unpaired) electrons. The van der Waals surface area contributed by atoms with Gasteiger partial charge in [-0.25, -0.2) is 4.39 Å². The lowest BCUT2D eigenvalue weighted by Gasteiger charge is -2.10. The molecule has 94 valence electrons. The number of benzene rings is 1. The standard InChI is InChI=1S/C10H9F4NO2/c11-7-4-6(10(12,13)14)2-1-5(7)3-8(15)9(16)17/h1-2,4,8H,3,15H2,(H,16,17)/t8-/m0/s1. The van der Waals surface area contributed by atoms with Crippen molar-refractivity contribution < 1.29 is 27.5 Å². The van der Waals surface area contributed by atoms with Crippen molar-refractivity contribution in [3.63, 3.8) is 0 Å². The summed E-state index contributed by atoms with van der Waals surface area (Å²) in [6.45, 7) is 0. The molecule has 0 aromatic heterocycles. The smallest absolute Gasteiger partial charge is 0.416 e. The molecule has 7 heteroatoms. The minimum atomic E-state index is -4.63. The van der Waals surface area contributed by atoms with Gasteiger partial charge in [0.25, 0.3) is 0 Å². The molecular formula is C10H9F4NO2. The summed E-state index contributed by atoms with van der Waals surface area (Å²) >= 11 is 0. The predicted octanol–water partition coefficient (Wildman–Crippen LogP) is 1.80. The monoisotopic (exact) mass is 251 g/mol. The van der Waals surface area contributed by atoms with Crippen LogP contribution in [0.4, 0.5) is 17.6 Å². The van der Waals surface area contributed by atoms with Crippen molar-refractivity contribution in [1.29, 1.82) is 0 Å². The van der Waals surface area contributed by atoms with E-state index >= 15 is 0 Å². The lowest BCUT2D eigenvalue weighted by atomic mass is 10.0. The Balaban J connectivity index is 2.95. The molecule has 0 fully saturated rings. The first-order chi connectivity index (χ1) is 7.71. The van der Waals surface area contributed by atoms with E-state index in [9.17, 15) is 22.4 Å². The minimum Gasteiger partial charge on any atom is -0.480 e. The molecule has 1 aromatic rings. The first-order valence-electron chi connectivity index (χ1n) is 4.56. The van der Waals surface area contributed by atoms with Crippen LogP contribution in [0.25, 0.3) is 0 Å². The zero-order chi connectivity index (χ0) is 13.2. The van der Waals surface area contributed by atoms with Crippen molar-refractivity contribution in [1.82, 2.24) is 0 Å². The van der Waals surface area contributed by atoms with Crippen LogP contribution in [0.1, 0.15) is 11.1 Å². The van der Waals surface area contributed by atoms with Crippen LogP contribution in [0.15, 0.2) is 18.2 Å². The minimum absolute atomic E-state index is 0.159. The highest BCUT2D eigenvalue weighted by molar-refractivity contribution is 5.73. The van der Waals surface area contributed by atoms with Gasteiger partial charge in [-0.3, -0.25) is 4.79 Å². The molecule has 3 N–H and O–H groups in total. The van der Waals surface area contributed by atoms with Crippen molar-refractivity contribution >= 4 is 5.97 Å². The van der Waals surface area contributed by atoms with Crippen molar-refractivity contribution in [2.75, 3.05) is 0 Å². The highest BCUT2D eigenvalue weighted by atomic mass is 19.4. The Morgan fingerprint density at radius 1 is 1.41 bits per heavy atom. The molecule has 0 saturated heterocycles. The van der Waals surface area contributed by atoms with Crippen LogP contribution in [-0.4, -0.2) is 17.1 Å². The second-order valence-corrected chi connectivity index (χ2v) is 3.45. The molecule has 0 amide bonds. The number of halogens is 4. The van der Waals surface area contributed by atoms with E-state index in [-0.39, 0.29) is 12.0 Å². The first kappa shape index (κ1) is 13.4. The summed E-state index contributed by atoms with van der Waals surface area (Å²) in [7, 11) is 0. The van der Waals surface area contributed by atoms with Gasteiger partial charge in [0, 0.05) is 6.42 Å². The Morgan fingerprint density at radius 3 is 2.41 bits per heavy atom. The van der Waals surface area contributed by atoms with Gasteiger partial charge < -0.3 is 10.8 Å². The molecule has 0 unspecified atom stereocenters. The van der Waals surface area contributed by atoms with E-state index in [0.717, 1.165) is 6.07 Å². The summed E-state index contributed by atoms with van der Waals surface area (Å²) in [6.07, 6.45) is -4.99. The van der Waals surface area contributed by atoms with E-state index in [2.05, 4.69) is 0 Å². The number of alkyl halides is 3. The lowest BCUT2D eigenvalue weighted by Crippen LogP contribution is -2.32. The van der Waals surface area contributed by atoms with Crippen LogP contribution in [-0.2, 0) is 17.4 Å². The van der Waals surface area contributed by atoms with Crippen LogP contribution in [0, 0.1) is 5.82 Å². The van der Waals surface area contributed by atoms with Crippen LogP contribution < -0.4 is 5.73 Å². The summed E-state index contributed by atoms with van der Waals surface area (Å²) in [5.74, 6) is -2.46. The van der Waals surface area contributed by atoms with E-state index in [1.807, 2.05) is 0 Å². The Hall–Kier alpha value is -1.63. The number of hydrogen-bond acceptors (Lipinski definition) is 2. The molecule has 0 aliphatic heterocycles. The van der Waals surface area contributed by atoms with E-state index in [1.54, 1.807) is 0 Å². The number of rotatable bonds is 3. The summed E-state index contributed by atoms with van der Waals surface area (Å²) in [6, 6.07) is 0.555. The summed E-state index contributed by atoms with van der Waals surface area (Å²) in [4.78, 5) is 10.4. The van der Waals surface area contributed by atoms with Crippen LogP contribution in [0.3, 0.4) is 0 Å². The largest absolute Gasteiger partial charge is 0.480 e. The number of carboxylic acid groups (broad SMARTS) is 1. The maximum absolute atomic E-state index is 13.3. The van der Waals surface area contributed by atoms with Crippen molar-refractivity contribution in [2.24, 2.45) is 5.73 Å². The predicted molar refractivity (Wildman–Crippen MR) is 50.7 cm³/mol. The zero-order valence-electron chi connectivity index (χ0n) is 8.46. The molecule has 0 spiro atoms. The lowest BCUT2D eigenvalue weighted by molar-refractivity contribution is -0.139. The molecule has 17 heavy (non-hydrogen) atoms. The fraction of sp³-hybridized carbons (Fsp3) is 0.300. The van der Waals surface area contributed by atoms with Gasteiger partial charge in [-0.05, 0) is 17.7 Å². The molecule has 0 heterocycles. The van der Waals surface area contributed by atoms with Gasteiger partial charge in [0.2, 0.25) is 0 Å². The third-order valence-electron chi connectivity index (χ3n) is 2.14. The van der Waals surface area contributed by atoms with Gasteiger partial charge in [0.05, 0.1) is 5.56 Å². The third kappa shape index (κ3) is 3.42. The summed E-state index contributed by atoms with van der Waals surface area (Å²) < 4.78 is 49.9.